The van der Waals surface area contributed by atoms with Gasteiger partial charge in [-0.25, -0.2) is 0 Å². The summed E-state index contributed by atoms with van der Waals surface area (Å²) in [5.74, 6) is 0. The molecule has 112 valence electrons. The maximum absolute atomic E-state index is 5.38. The first-order chi connectivity index (χ1) is 9.63. The Bertz CT molecular complexity index is 385. The topological polar surface area (TPSA) is 24.5 Å². The van der Waals surface area contributed by atoms with Crippen LogP contribution >= 0.6 is 0 Å². The molecule has 1 fully saturated rings. The third-order valence-corrected chi connectivity index (χ3v) is 4.50. The maximum atomic E-state index is 5.38. The highest BCUT2D eigenvalue weighted by atomic mass is 16.5. The van der Waals surface area contributed by atoms with Gasteiger partial charge in [-0.3, -0.25) is 0 Å². The Morgan fingerprint density at radius 3 is 2.50 bits per heavy atom. The summed E-state index contributed by atoms with van der Waals surface area (Å²) in [7, 11) is 3.99. The molecule has 0 bridgehead atoms. The number of methoxy groups -OCH3 is 1. The zero-order valence-electron chi connectivity index (χ0n) is 13.1. The van der Waals surface area contributed by atoms with Gasteiger partial charge < -0.3 is 15.0 Å². The molecule has 1 unspecified atom stereocenters. The van der Waals surface area contributed by atoms with Crippen molar-refractivity contribution in [3.63, 3.8) is 0 Å². The van der Waals surface area contributed by atoms with Crippen molar-refractivity contribution in [1.82, 2.24) is 10.2 Å². The molecular formula is C17H28N2O. The Hall–Kier alpha value is -0.900. The van der Waals surface area contributed by atoms with E-state index < -0.39 is 0 Å². The van der Waals surface area contributed by atoms with Crippen LogP contribution in [0.5, 0.6) is 0 Å². The molecule has 1 aliphatic rings. The van der Waals surface area contributed by atoms with Gasteiger partial charge >= 0.3 is 0 Å². The van der Waals surface area contributed by atoms with E-state index in [2.05, 4.69) is 54.5 Å². The number of likely N-dealkylation sites (tertiary alicyclic amines) is 1. The van der Waals surface area contributed by atoms with Crippen LogP contribution in [0, 0.1) is 5.41 Å². The van der Waals surface area contributed by atoms with Crippen LogP contribution in [0.15, 0.2) is 30.3 Å². The zero-order valence-corrected chi connectivity index (χ0v) is 13.1. The standard InChI is InChI=1S/C17H28N2O/c1-17(9-11-19(2)12-10-17)14-18-16(13-20-3)15-7-5-4-6-8-15/h4-8,16,18H,9-14H2,1-3H3. The second-order valence-corrected chi connectivity index (χ2v) is 6.41. The van der Waals surface area contributed by atoms with Gasteiger partial charge in [0.05, 0.1) is 12.6 Å². The summed E-state index contributed by atoms with van der Waals surface area (Å²) in [6.45, 7) is 6.60. The van der Waals surface area contributed by atoms with E-state index >= 15 is 0 Å². The molecule has 0 amide bonds. The van der Waals surface area contributed by atoms with Gasteiger partial charge in [-0.05, 0) is 44.0 Å². The van der Waals surface area contributed by atoms with E-state index in [1.165, 1.54) is 31.5 Å². The van der Waals surface area contributed by atoms with Crippen molar-refractivity contribution in [1.29, 1.82) is 0 Å². The molecular weight excluding hydrogens is 248 g/mol. The first-order valence-corrected chi connectivity index (χ1v) is 7.59. The molecule has 0 radical (unpaired) electrons. The van der Waals surface area contributed by atoms with Crippen molar-refractivity contribution in [2.45, 2.75) is 25.8 Å². The molecule has 1 atom stereocenters. The molecule has 0 saturated carbocycles. The van der Waals surface area contributed by atoms with Gasteiger partial charge in [0.2, 0.25) is 0 Å². The monoisotopic (exact) mass is 276 g/mol. The molecule has 3 nitrogen and oxygen atoms in total. The quantitative estimate of drug-likeness (QED) is 0.864. The molecule has 1 N–H and O–H groups in total. The van der Waals surface area contributed by atoms with Gasteiger partial charge in [0, 0.05) is 13.7 Å². The molecule has 20 heavy (non-hydrogen) atoms. The first-order valence-electron chi connectivity index (χ1n) is 7.59. The number of hydrogen-bond donors (Lipinski definition) is 1. The van der Waals surface area contributed by atoms with E-state index in [4.69, 9.17) is 4.74 Å². The average molecular weight is 276 g/mol. The highest BCUT2D eigenvalue weighted by molar-refractivity contribution is 5.19. The number of benzene rings is 1. The third-order valence-electron chi connectivity index (χ3n) is 4.50. The van der Waals surface area contributed by atoms with Crippen molar-refractivity contribution in [2.24, 2.45) is 5.41 Å². The molecule has 1 heterocycles. The summed E-state index contributed by atoms with van der Waals surface area (Å²) in [5, 5.41) is 3.72. The van der Waals surface area contributed by atoms with E-state index in [-0.39, 0.29) is 6.04 Å². The molecule has 1 saturated heterocycles. The van der Waals surface area contributed by atoms with Crippen LogP contribution in [-0.2, 0) is 4.74 Å². The zero-order chi connectivity index (χ0) is 14.4. The summed E-state index contributed by atoms with van der Waals surface area (Å²) in [6, 6.07) is 10.9. The van der Waals surface area contributed by atoms with E-state index in [1.54, 1.807) is 7.11 Å². The fraction of sp³-hybridized carbons (Fsp3) is 0.647. The van der Waals surface area contributed by atoms with Crippen molar-refractivity contribution in [3.05, 3.63) is 35.9 Å². The second kappa shape index (κ2) is 7.21. The number of piperidine rings is 1. The minimum atomic E-state index is 0.290. The number of ether oxygens (including phenoxy) is 1. The van der Waals surface area contributed by atoms with E-state index in [9.17, 15) is 0 Å². The van der Waals surface area contributed by atoms with Gasteiger partial charge in [-0.15, -0.1) is 0 Å². The van der Waals surface area contributed by atoms with Gasteiger partial charge in [0.1, 0.15) is 0 Å². The first kappa shape index (κ1) is 15.5. The molecule has 0 aromatic heterocycles. The average Bonchev–Trinajstić information content (AvgIpc) is 2.48. The van der Waals surface area contributed by atoms with Crippen molar-refractivity contribution < 1.29 is 4.74 Å². The van der Waals surface area contributed by atoms with E-state index in [1.807, 2.05) is 0 Å². The predicted molar refractivity (Wildman–Crippen MR) is 83.9 cm³/mol. The fourth-order valence-electron chi connectivity index (χ4n) is 2.83. The lowest BCUT2D eigenvalue weighted by molar-refractivity contribution is 0.118. The SMILES string of the molecule is COCC(NCC1(C)CCN(C)CC1)c1ccccc1. The van der Waals surface area contributed by atoms with Gasteiger partial charge in [-0.1, -0.05) is 37.3 Å². The lowest BCUT2D eigenvalue weighted by Gasteiger charge is -2.39. The predicted octanol–water partition coefficient (Wildman–Crippen LogP) is 2.70. The summed E-state index contributed by atoms with van der Waals surface area (Å²) in [5.41, 5.74) is 1.72. The smallest absolute Gasteiger partial charge is 0.0657 e. The van der Waals surface area contributed by atoms with Crippen LogP contribution in [0.3, 0.4) is 0 Å². The van der Waals surface area contributed by atoms with E-state index in [0.717, 1.165) is 13.2 Å². The maximum Gasteiger partial charge on any atom is 0.0657 e. The number of nitrogens with zero attached hydrogens (tertiary/aromatic N) is 1. The largest absolute Gasteiger partial charge is 0.383 e. The highest BCUT2D eigenvalue weighted by Crippen LogP contribution is 2.30. The second-order valence-electron chi connectivity index (χ2n) is 6.41. The van der Waals surface area contributed by atoms with Crippen molar-refractivity contribution in [3.8, 4) is 0 Å². The lowest BCUT2D eigenvalue weighted by Crippen LogP contribution is -2.43. The molecule has 0 spiro atoms. The Balaban J connectivity index is 1.92. The summed E-state index contributed by atoms with van der Waals surface area (Å²) >= 11 is 0. The van der Waals surface area contributed by atoms with Crippen LogP contribution in [0.25, 0.3) is 0 Å². The Morgan fingerprint density at radius 1 is 1.25 bits per heavy atom. The minimum absolute atomic E-state index is 0.290. The van der Waals surface area contributed by atoms with Crippen LogP contribution < -0.4 is 5.32 Å². The summed E-state index contributed by atoms with van der Waals surface area (Å²) in [4.78, 5) is 2.42. The van der Waals surface area contributed by atoms with Crippen LogP contribution in [-0.4, -0.2) is 45.3 Å². The Kier molecular flexibility index (Phi) is 5.58. The molecule has 2 rings (SSSR count). The Labute approximate surface area is 123 Å². The van der Waals surface area contributed by atoms with Crippen LogP contribution in [0.1, 0.15) is 31.4 Å². The number of nitrogens with one attached hydrogen (secondary N) is 1. The van der Waals surface area contributed by atoms with Crippen molar-refractivity contribution in [2.75, 3.05) is 40.4 Å². The van der Waals surface area contributed by atoms with Crippen molar-refractivity contribution >= 4 is 0 Å². The minimum Gasteiger partial charge on any atom is -0.383 e. The number of hydrogen-bond acceptors (Lipinski definition) is 3. The number of rotatable bonds is 6. The normalized spacial score (nSPS) is 20.8. The van der Waals surface area contributed by atoms with Crippen LogP contribution in [0.2, 0.25) is 0 Å². The molecule has 3 heteroatoms. The summed E-state index contributed by atoms with van der Waals surface area (Å²) < 4.78 is 5.38. The molecule has 1 aromatic rings. The lowest BCUT2D eigenvalue weighted by atomic mass is 9.80. The van der Waals surface area contributed by atoms with Gasteiger partial charge in [0.15, 0.2) is 0 Å². The molecule has 0 aliphatic carbocycles. The highest BCUT2D eigenvalue weighted by Gasteiger charge is 2.29. The van der Waals surface area contributed by atoms with Crippen LogP contribution in [0.4, 0.5) is 0 Å². The van der Waals surface area contributed by atoms with E-state index in [0.29, 0.717) is 5.41 Å². The third kappa shape index (κ3) is 4.30. The van der Waals surface area contributed by atoms with Gasteiger partial charge in [-0.2, -0.15) is 0 Å². The fourth-order valence-corrected chi connectivity index (χ4v) is 2.83. The van der Waals surface area contributed by atoms with Gasteiger partial charge in [0.25, 0.3) is 0 Å². The summed E-state index contributed by atoms with van der Waals surface area (Å²) in [6.07, 6.45) is 2.54. The molecule has 1 aliphatic heterocycles. The molecule has 1 aromatic carbocycles. The Morgan fingerprint density at radius 2 is 1.90 bits per heavy atom.